The van der Waals surface area contributed by atoms with Crippen LogP contribution in [0.2, 0.25) is 0 Å². The minimum absolute atomic E-state index is 0.177. The standard InChI is InChI=1S/C10H10F3N/c1-10(12,13)9-5-6-4-7(11)2-3-8(6)14-9/h2-4,9,14H,5H2,1H3. The fourth-order valence-corrected chi connectivity index (χ4v) is 1.64. The lowest BCUT2D eigenvalue weighted by Gasteiger charge is -2.18. The lowest BCUT2D eigenvalue weighted by Crippen LogP contribution is -2.35. The third kappa shape index (κ3) is 1.56. The monoisotopic (exact) mass is 201 g/mol. The van der Waals surface area contributed by atoms with Gasteiger partial charge in [0.2, 0.25) is 0 Å². The summed E-state index contributed by atoms with van der Waals surface area (Å²) in [6.07, 6.45) is 0.177. The number of rotatable bonds is 1. The minimum Gasteiger partial charge on any atom is -0.376 e. The van der Waals surface area contributed by atoms with E-state index in [2.05, 4.69) is 5.32 Å². The third-order valence-electron chi connectivity index (χ3n) is 2.43. The van der Waals surface area contributed by atoms with Gasteiger partial charge < -0.3 is 5.32 Å². The largest absolute Gasteiger partial charge is 0.376 e. The molecule has 4 heteroatoms. The predicted molar refractivity (Wildman–Crippen MR) is 48.1 cm³/mol. The Morgan fingerprint density at radius 2 is 2.14 bits per heavy atom. The van der Waals surface area contributed by atoms with Crippen LogP contribution in [0.3, 0.4) is 0 Å². The zero-order valence-electron chi connectivity index (χ0n) is 7.65. The Hall–Kier alpha value is -1.19. The van der Waals surface area contributed by atoms with Crippen LogP contribution in [-0.4, -0.2) is 12.0 Å². The van der Waals surface area contributed by atoms with Crippen LogP contribution in [-0.2, 0) is 6.42 Å². The molecule has 0 fully saturated rings. The summed E-state index contributed by atoms with van der Waals surface area (Å²) in [6.45, 7) is 0.868. The van der Waals surface area contributed by atoms with Gasteiger partial charge in [-0.25, -0.2) is 13.2 Å². The Kier molecular flexibility index (Phi) is 1.94. The highest BCUT2D eigenvalue weighted by Crippen LogP contribution is 2.33. The molecule has 0 bridgehead atoms. The van der Waals surface area contributed by atoms with E-state index in [1.165, 1.54) is 18.2 Å². The number of hydrogen-bond donors (Lipinski definition) is 1. The Morgan fingerprint density at radius 1 is 1.43 bits per heavy atom. The topological polar surface area (TPSA) is 12.0 Å². The molecule has 0 saturated heterocycles. The summed E-state index contributed by atoms with van der Waals surface area (Å²) in [6, 6.07) is 3.14. The van der Waals surface area contributed by atoms with Crippen molar-refractivity contribution in [2.24, 2.45) is 0 Å². The fraction of sp³-hybridized carbons (Fsp3) is 0.400. The molecular formula is C10H10F3N. The molecule has 0 aliphatic carbocycles. The molecule has 0 aromatic heterocycles. The average Bonchev–Trinajstić information content (AvgIpc) is 2.45. The van der Waals surface area contributed by atoms with E-state index in [1.54, 1.807) is 0 Å². The molecule has 1 aliphatic rings. The highest BCUT2D eigenvalue weighted by Gasteiger charge is 2.38. The maximum absolute atomic E-state index is 12.9. The number of alkyl halides is 2. The number of nitrogens with one attached hydrogen (secondary N) is 1. The van der Waals surface area contributed by atoms with E-state index in [0.717, 1.165) is 6.92 Å². The summed E-state index contributed by atoms with van der Waals surface area (Å²) in [7, 11) is 0. The molecule has 0 spiro atoms. The van der Waals surface area contributed by atoms with Gasteiger partial charge in [0.05, 0.1) is 6.04 Å². The highest BCUT2D eigenvalue weighted by atomic mass is 19.3. The van der Waals surface area contributed by atoms with Gasteiger partial charge in [0.15, 0.2) is 0 Å². The van der Waals surface area contributed by atoms with Crippen LogP contribution in [0.4, 0.5) is 18.9 Å². The zero-order chi connectivity index (χ0) is 10.3. The molecule has 2 rings (SSSR count). The quantitative estimate of drug-likeness (QED) is 0.736. The zero-order valence-corrected chi connectivity index (χ0v) is 7.65. The maximum atomic E-state index is 12.9. The van der Waals surface area contributed by atoms with Crippen LogP contribution >= 0.6 is 0 Å². The molecule has 0 radical (unpaired) electrons. The van der Waals surface area contributed by atoms with Gasteiger partial charge >= 0.3 is 0 Å². The number of benzene rings is 1. The maximum Gasteiger partial charge on any atom is 0.265 e. The first-order chi connectivity index (χ1) is 6.47. The van der Waals surface area contributed by atoms with Crippen LogP contribution in [0, 0.1) is 5.82 Å². The smallest absolute Gasteiger partial charge is 0.265 e. The Balaban J connectivity index is 2.26. The first-order valence-electron chi connectivity index (χ1n) is 4.39. The normalized spacial score (nSPS) is 20.4. The number of anilines is 1. The van der Waals surface area contributed by atoms with Crippen molar-refractivity contribution < 1.29 is 13.2 Å². The van der Waals surface area contributed by atoms with E-state index in [9.17, 15) is 13.2 Å². The van der Waals surface area contributed by atoms with Crippen LogP contribution < -0.4 is 5.32 Å². The summed E-state index contributed by atoms with van der Waals surface area (Å²) in [5.74, 6) is -3.17. The lowest BCUT2D eigenvalue weighted by atomic mass is 10.1. The van der Waals surface area contributed by atoms with Crippen molar-refractivity contribution in [1.82, 2.24) is 0 Å². The summed E-state index contributed by atoms with van der Waals surface area (Å²) in [4.78, 5) is 0. The van der Waals surface area contributed by atoms with E-state index in [-0.39, 0.29) is 12.2 Å². The van der Waals surface area contributed by atoms with E-state index >= 15 is 0 Å². The van der Waals surface area contributed by atoms with Crippen molar-refractivity contribution in [2.75, 3.05) is 5.32 Å². The van der Waals surface area contributed by atoms with E-state index < -0.39 is 12.0 Å². The Labute approximate surface area is 79.9 Å². The first kappa shape index (κ1) is 9.37. The summed E-state index contributed by atoms with van der Waals surface area (Å²) in [5, 5.41) is 2.68. The van der Waals surface area contributed by atoms with Gasteiger partial charge in [0.1, 0.15) is 5.82 Å². The molecule has 1 aromatic carbocycles. The second-order valence-corrected chi connectivity index (χ2v) is 3.66. The molecule has 1 aromatic rings. The lowest BCUT2D eigenvalue weighted by molar-refractivity contribution is 0.00370. The van der Waals surface area contributed by atoms with Crippen molar-refractivity contribution in [3.63, 3.8) is 0 Å². The molecular weight excluding hydrogens is 191 g/mol. The number of halogens is 3. The predicted octanol–water partition coefficient (Wildman–Crippen LogP) is 2.82. The van der Waals surface area contributed by atoms with Gasteiger partial charge in [0, 0.05) is 19.0 Å². The average molecular weight is 201 g/mol. The van der Waals surface area contributed by atoms with E-state index in [4.69, 9.17) is 0 Å². The minimum atomic E-state index is -2.78. The molecule has 14 heavy (non-hydrogen) atoms. The molecule has 0 amide bonds. The molecule has 1 N–H and O–H groups in total. The van der Waals surface area contributed by atoms with Gasteiger partial charge in [-0.1, -0.05) is 0 Å². The second-order valence-electron chi connectivity index (χ2n) is 3.66. The first-order valence-corrected chi connectivity index (χ1v) is 4.39. The van der Waals surface area contributed by atoms with Gasteiger partial charge in [-0.2, -0.15) is 0 Å². The highest BCUT2D eigenvalue weighted by molar-refractivity contribution is 5.57. The molecule has 1 nitrogen and oxygen atoms in total. The van der Waals surface area contributed by atoms with Crippen LogP contribution in [0.5, 0.6) is 0 Å². The molecule has 1 heterocycles. The molecule has 1 aliphatic heterocycles. The molecule has 76 valence electrons. The van der Waals surface area contributed by atoms with Crippen LogP contribution in [0.15, 0.2) is 18.2 Å². The summed E-state index contributed by atoms with van der Waals surface area (Å²) < 4.78 is 38.6. The van der Waals surface area contributed by atoms with Crippen molar-refractivity contribution in [3.8, 4) is 0 Å². The van der Waals surface area contributed by atoms with E-state index in [1.807, 2.05) is 0 Å². The number of hydrogen-bond acceptors (Lipinski definition) is 1. The van der Waals surface area contributed by atoms with Crippen LogP contribution in [0.25, 0.3) is 0 Å². The fourth-order valence-electron chi connectivity index (χ4n) is 1.64. The molecule has 1 atom stereocenters. The molecule has 1 unspecified atom stereocenters. The van der Waals surface area contributed by atoms with Gasteiger partial charge in [0.25, 0.3) is 5.92 Å². The number of fused-ring (bicyclic) bond motifs is 1. The summed E-state index contributed by atoms with van der Waals surface area (Å²) >= 11 is 0. The Bertz CT molecular complexity index is 357. The van der Waals surface area contributed by atoms with Gasteiger partial charge in [-0.3, -0.25) is 0 Å². The second kappa shape index (κ2) is 2.90. The Morgan fingerprint density at radius 3 is 2.79 bits per heavy atom. The third-order valence-corrected chi connectivity index (χ3v) is 2.43. The van der Waals surface area contributed by atoms with Gasteiger partial charge in [-0.15, -0.1) is 0 Å². The van der Waals surface area contributed by atoms with E-state index in [0.29, 0.717) is 11.3 Å². The summed E-state index contributed by atoms with van der Waals surface area (Å²) in [5.41, 5.74) is 1.23. The van der Waals surface area contributed by atoms with Crippen molar-refractivity contribution in [1.29, 1.82) is 0 Å². The van der Waals surface area contributed by atoms with Crippen LogP contribution in [0.1, 0.15) is 12.5 Å². The molecule has 0 saturated carbocycles. The van der Waals surface area contributed by atoms with Crippen molar-refractivity contribution >= 4 is 5.69 Å². The van der Waals surface area contributed by atoms with Crippen molar-refractivity contribution in [3.05, 3.63) is 29.6 Å². The van der Waals surface area contributed by atoms with Crippen molar-refractivity contribution in [2.45, 2.75) is 25.3 Å². The van der Waals surface area contributed by atoms with Gasteiger partial charge in [-0.05, 0) is 23.8 Å². The SMILES string of the molecule is CC(F)(F)C1Cc2cc(F)ccc2N1.